The number of nitrogens with zero attached hydrogens (tertiary/aromatic N) is 1. The number of carbonyl (C=O) groups is 2. The van der Waals surface area contributed by atoms with Gasteiger partial charge in [0, 0.05) is 6.54 Å². The molecule has 0 radical (unpaired) electrons. The number of hydrogen-bond donors (Lipinski definition) is 1. The molecule has 1 amide bonds. The van der Waals surface area contributed by atoms with Crippen molar-refractivity contribution in [2.75, 3.05) is 6.54 Å². The first-order chi connectivity index (χ1) is 9.34. The molecule has 0 saturated carbocycles. The van der Waals surface area contributed by atoms with Gasteiger partial charge >= 0.3 is 5.97 Å². The third-order valence-corrected chi connectivity index (χ3v) is 4.35. The summed E-state index contributed by atoms with van der Waals surface area (Å²) in [4.78, 5) is 25.0. The fourth-order valence-corrected chi connectivity index (χ4v) is 2.93. The molecule has 1 atom stereocenters. The maximum absolute atomic E-state index is 13.1. The molecule has 1 aliphatic rings. The molecule has 1 heterocycles. The monoisotopic (exact) mass is 343 g/mol. The minimum atomic E-state index is -1.13. The van der Waals surface area contributed by atoms with Crippen LogP contribution in [-0.4, -0.2) is 34.0 Å². The Kier molecular flexibility index (Phi) is 4.13. The second-order valence-corrected chi connectivity index (χ2v) is 6.01. The van der Waals surface area contributed by atoms with E-state index in [-0.39, 0.29) is 12.3 Å². The Labute approximate surface area is 124 Å². The van der Waals surface area contributed by atoms with Gasteiger partial charge in [0.05, 0.1) is 10.9 Å². The van der Waals surface area contributed by atoms with E-state index in [0.29, 0.717) is 29.4 Å². The molecule has 0 aromatic heterocycles. The fraction of sp³-hybridized carbons (Fsp3) is 0.429. The lowest BCUT2D eigenvalue weighted by atomic mass is 9.98. The van der Waals surface area contributed by atoms with Crippen LogP contribution in [0.25, 0.3) is 0 Å². The van der Waals surface area contributed by atoms with E-state index in [4.69, 9.17) is 0 Å². The summed E-state index contributed by atoms with van der Waals surface area (Å²) < 4.78 is 13.4. The molecule has 1 aliphatic heterocycles. The zero-order chi connectivity index (χ0) is 14.9. The number of hydrogen-bond acceptors (Lipinski definition) is 2. The Balaban J connectivity index is 2.15. The van der Waals surface area contributed by atoms with Crippen LogP contribution in [0.1, 0.15) is 25.3 Å². The molecule has 1 N–H and O–H groups in total. The van der Waals surface area contributed by atoms with Crippen molar-refractivity contribution in [1.29, 1.82) is 0 Å². The van der Waals surface area contributed by atoms with Gasteiger partial charge in [-0.25, -0.2) is 9.18 Å². The van der Waals surface area contributed by atoms with Crippen molar-refractivity contribution >= 4 is 27.8 Å². The molecule has 0 bridgehead atoms. The van der Waals surface area contributed by atoms with E-state index in [9.17, 15) is 19.1 Å². The van der Waals surface area contributed by atoms with E-state index >= 15 is 0 Å². The van der Waals surface area contributed by atoms with Crippen molar-refractivity contribution in [3.63, 3.8) is 0 Å². The van der Waals surface area contributed by atoms with Crippen LogP contribution in [0.5, 0.6) is 0 Å². The largest absolute Gasteiger partial charge is 0.480 e. The van der Waals surface area contributed by atoms with Gasteiger partial charge in [-0.05, 0) is 53.4 Å². The molecule has 1 aromatic carbocycles. The smallest absolute Gasteiger partial charge is 0.329 e. The molecule has 1 saturated heterocycles. The van der Waals surface area contributed by atoms with E-state index in [1.165, 1.54) is 17.0 Å². The van der Waals surface area contributed by atoms with Gasteiger partial charge < -0.3 is 10.0 Å². The minimum Gasteiger partial charge on any atom is -0.480 e. The number of carboxylic acid groups (broad SMARTS) is 1. The van der Waals surface area contributed by atoms with E-state index in [1.54, 1.807) is 13.0 Å². The van der Waals surface area contributed by atoms with E-state index in [0.717, 1.165) is 0 Å². The Hall–Kier alpha value is -1.43. The number of aliphatic carboxylic acids is 1. The third kappa shape index (κ3) is 2.70. The molecule has 1 fully saturated rings. The molecular formula is C14H15BrFNO3. The molecule has 2 rings (SSSR count). The first-order valence-corrected chi connectivity index (χ1v) is 7.11. The van der Waals surface area contributed by atoms with Crippen LogP contribution in [0.3, 0.4) is 0 Å². The van der Waals surface area contributed by atoms with Gasteiger partial charge in [0.2, 0.25) is 5.91 Å². The number of rotatable bonds is 3. The predicted molar refractivity (Wildman–Crippen MR) is 74.8 cm³/mol. The Morgan fingerprint density at radius 1 is 1.50 bits per heavy atom. The average molecular weight is 344 g/mol. The van der Waals surface area contributed by atoms with Crippen molar-refractivity contribution in [3.05, 3.63) is 34.1 Å². The van der Waals surface area contributed by atoms with Crippen LogP contribution < -0.4 is 0 Å². The van der Waals surface area contributed by atoms with E-state index in [2.05, 4.69) is 15.9 Å². The summed E-state index contributed by atoms with van der Waals surface area (Å²) in [6.45, 7) is 2.02. The lowest BCUT2D eigenvalue weighted by molar-refractivity contribution is -0.155. The summed E-state index contributed by atoms with van der Waals surface area (Å²) >= 11 is 3.07. The highest BCUT2D eigenvalue weighted by molar-refractivity contribution is 9.10. The van der Waals surface area contributed by atoms with Gasteiger partial charge in [-0.3, -0.25) is 4.79 Å². The third-order valence-electron chi connectivity index (χ3n) is 3.74. The van der Waals surface area contributed by atoms with Gasteiger partial charge in [0.25, 0.3) is 0 Å². The summed E-state index contributed by atoms with van der Waals surface area (Å²) in [5.74, 6) is -1.62. The Morgan fingerprint density at radius 3 is 2.80 bits per heavy atom. The van der Waals surface area contributed by atoms with Crippen molar-refractivity contribution in [2.24, 2.45) is 0 Å². The summed E-state index contributed by atoms with van der Waals surface area (Å²) in [7, 11) is 0. The average Bonchev–Trinajstić information content (AvgIpc) is 2.77. The topological polar surface area (TPSA) is 57.6 Å². The van der Waals surface area contributed by atoms with Gasteiger partial charge in [0.15, 0.2) is 0 Å². The maximum atomic E-state index is 13.1. The molecule has 1 aromatic rings. The summed E-state index contributed by atoms with van der Waals surface area (Å²) in [5.41, 5.74) is -0.475. The minimum absolute atomic E-state index is 0.0712. The molecule has 108 valence electrons. The second kappa shape index (κ2) is 5.52. The van der Waals surface area contributed by atoms with Gasteiger partial charge in [-0.2, -0.15) is 0 Å². The van der Waals surface area contributed by atoms with Crippen LogP contribution in [0, 0.1) is 5.82 Å². The summed E-state index contributed by atoms with van der Waals surface area (Å²) in [5, 5.41) is 9.29. The highest BCUT2D eigenvalue weighted by atomic mass is 79.9. The first kappa shape index (κ1) is 15.0. The van der Waals surface area contributed by atoms with E-state index < -0.39 is 17.3 Å². The van der Waals surface area contributed by atoms with E-state index in [1.807, 2.05) is 0 Å². The highest BCUT2D eigenvalue weighted by Gasteiger charge is 2.45. The summed E-state index contributed by atoms with van der Waals surface area (Å²) in [6, 6.07) is 4.36. The van der Waals surface area contributed by atoms with Crippen LogP contribution >= 0.6 is 15.9 Å². The molecule has 0 spiro atoms. The first-order valence-electron chi connectivity index (χ1n) is 6.32. The molecule has 0 aliphatic carbocycles. The fourth-order valence-electron chi connectivity index (χ4n) is 2.51. The number of halogens is 2. The predicted octanol–water partition coefficient (Wildman–Crippen LogP) is 2.60. The van der Waals surface area contributed by atoms with Crippen LogP contribution in [0.15, 0.2) is 22.7 Å². The Morgan fingerprint density at radius 2 is 2.20 bits per heavy atom. The van der Waals surface area contributed by atoms with Crippen molar-refractivity contribution in [3.8, 4) is 0 Å². The van der Waals surface area contributed by atoms with Crippen molar-refractivity contribution < 1.29 is 19.1 Å². The lowest BCUT2D eigenvalue weighted by Crippen LogP contribution is -2.51. The van der Waals surface area contributed by atoms with Gasteiger partial charge in [-0.1, -0.05) is 6.07 Å². The van der Waals surface area contributed by atoms with Crippen LogP contribution in [-0.2, 0) is 16.0 Å². The SMILES string of the molecule is CC1(C(=O)O)CCCN1C(=O)Cc1ccc(F)c(Br)c1. The number of amides is 1. The quantitative estimate of drug-likeness (QED) is 0.917. The van der Waals surface area contributed by atoms with Crippen molar-refractivity contribution in [1.82, 2.24) is 4.90 Å². The number of carbonyl (C=O) groups excluding carboxylic acids is 1. The standard InChI is InChI=1S/C14H15BrFNO3/c1-14(13(19)20)5-2-6-17(14)12(18)8-9-3-4-11(16)10(15)7-9/h3-4,7H,2,5-6,8H2,1H3,(H,19,20). The van der Waals surface area contributed by atoms with Gasteiger partial charge in [0.1, 0.15) is 11.4 Å². The number of carboxylic acids is 1. The molecule has 4 nitrogen and oxygen atoms in total. The highest BCUT2D eigenvalue weighted by Crippen LogP contribution is 2.30. The lowest BCUT2D eigenvalue weighted by Gasteiger charge is -2.31. The van der Waals surface area contributed by atoms with Crippen LogP contribution in [0.2, 0.25) is 0 Å². The summed E-state index contributed by atoms with van der Waals surface area (Å²) in [6.07, 6.45) is 1.21. The zero-order valence-electron chi connectivity index (χ0n) is 11.0. The van der Waals surface area contributed by atoms with Crippen LogP contribution in [0.4, 0.5) is 4.39 Å². The van der Waals surface area contributed by atoms with Gasteiger partial charge in [-0.15, -0.1) is 0 Å². The normalized spacial score (nSPS) is 22.1. The molecule has 6 heteroatoms. The maximum Gasteiger partial charge on any atom is 0.329 e. The Bertz CT molecular complexity index is 563. The number of benzene rings is 1. The molecular weight excluding hydrogens is 329 g/mol. The zero-order valence-corrected chi connectivity index (χ0v) is 12.6. The second-order valence-electron chi connectivity index (χ2n) is 5.15. The van der Waals surface area contributed by atoms with Crippen molar-refractivity contribution in [2.45, 2.75) is 31.7 Å². The molecule has 1 unspecified atom stereocenters. The number of likely N-dealkylation sites (tertiary alicyclic amines) is 1. The molecule has 20 heavy (non-hydrogen) atoms.